The van der Waals surface area contributed by atoms with Gasteiger partial charge in [0.2, 0.25) is 5.91 Å². The van der Waals surface area contributed by atoms with E-state index in [1.807, 2.05) is 6.92 Å². The Morgan fingerprint density at radius 1 is 1.33 bits per heavy atom. The van der Waals surface area contributed by atoms with Crippen molar-refractivity contribution in [2.75, 3.05) is 12.4 Å². The van der Waals surface area contributed by atoms with Crippen LogP contribution in [0.4, 0.5) is 10.1 Å². The second-order valence-electron chi connectivity index (χ2n) is 7.57. The number of H-pyrrole nitrogens is 1. The fraction of sp³-hybridized carbons (Fsp3) is 0.421. The first kappa shape index (κ1) is 18.9. The molecule has 0 saturated carbocycles. The van der Waals surface area contributed by atoms with Gasteiger partial charge < -0.3 is 16.0 Å². The molecular weight excluding hydrogens is 347 g/mol. The maximum Gasteiger partial charge on any atom is 0.237 e. The van der Waals surface area contributed by atoms with Crippen LogP contribution in [0.3, 0.4) is 0 Å². The van der Waals surface area contributed by atoms with Crippen molar-refractivity contribution in [3.63, 3.8) is 0 Å². The lowest BCUT2D eigenvalue weighted by atomic mass is 9.67. The highest BCUT2D eigenvalue weighted by atomic mass is 19.1. The van der Waals surface area contributed by atoms with E-state index in [0.717, 1.165) is 17.2 Å². The van der Waals surface area contributed by atoms with E-state index in [2.05, 4.69) is 20.3 Å². The summed E-state index contributed by atoms with van der Waals surface area (Å²) in [6.45, 7) is 7.65. The molecule has 0 fully saturated rings. The van der Waals surface area contributed by atoms with Gasteiger partial charge in [0.1, 0.15) is 17.2 Å². The zero-order valence-corrected chi connectivity index (χ0v) is 16.2. The maximum absolute atomic E-state index is 14.8. The van der Waals surface area contributed by atoms with E-state index in [1.54, 1.807) is 46.1 Å². The van der Waals surface area contributed by atoms with Crippen molar-refractivity contribution < 1.29 is 9.18 Å². The number of carbonyl (C=O) groups is 1. The molecule has 1 aliphatic heterocycles. The first-order valence-electron chi connectivity index (χ1n) is 8.74. The van der Waals surface area contributed by atoms with Crippen LogP contribution in [0.1, 0.15) is 37.9 Å². The number of amides is 1. The Labute approximate surface area is 157 Å². The van der Waals surface area contributed by atoms with E-state index in [0.29, 0.717) is 12.1 Å². The SMILES string of the molecule is Cc1ncc(CNc2ccc(F)c([C@@]3(C)N=C(N)N(C)C(=O)C3(C)C)c2)[nH]1. The normalized spacial score (nSPS) is 21.9. The summed E-state index contributed by atoms with van der Waals surface area (Å²) in [5, 5.41) is 3.24. The third-order valence-electron chi connectivity index (χ3n) is 5.47. The number of guanidine groups is 1. The molecule has 0 bridgehead atoms. The number of hydrogen-bond acceptors (Lipinski definition) is 5. The molecule has 3 rings (SSSR count). The molecule has 2 aromatic rings. The molecule has 7 nitrogen and oxygen atoms in total. The van der Waals surface area contributed by atoms with Crippen LogP contribution in [0.15, 0.2) is 29.4 Å². The van der Waals surface area contributed by atoms with Gasteiger partial charge in [-0.2, -0.15) is 0 Å². The number of nitrogens with one attached hydrogen (secondary N) is 2. The highest BCUT2D eigenvalue weighted by Gasteiger charge is 2.53. The number of aromatic amines is 1. The lowest BCUT2D eigenvalue weighted by molar-refractivity contribution is -0.140. The predicted molar refractivity (Wildman–Crippen MR) is 103 cm³/mol. The molecule has 4 N–H and O–H groups in total. The number of nitrogens with zero attached hydrogens (tertiary/aromatic N) is 3. The third kappa shape index (κ3) is 3.05. The molecule has 0 radical (unpaired) electrons. The summed E-state index contributed by atoms with van der Waals surface area (Å²) in [6, 6.07) is 4.73. The topological polar surface area (TPSA) is 99.4 Å². The molecule has 0 aliphatic carbocycles. The number of aromatic nitrogens is 2. The van der Waals surface area contributed by atoms with Gasteiger partial charge in [0.25, 0.3) is 0 Å². The van der Waals surface area contributed by atoms with Crippen LogP contribution in [0.5, 0.6) is 0 Å². The summed E-state index contributed by atoms with van der Waals surface area (Å²) in [7, 11) is 1.57. The number of aliphatic imine (C=N–C) groups is 1. The van der Waals surface area contributed by atoms with Crippen LogP contribution < -0.4 is 11.1 Å². The number of benzene rings is 1. The van der Waals surface area contributed by atoms with Gasteiger partial charge in [-0.25, -0.2) is 14.4 Å². The van der Waals surface area contributed by atoms with Gasteiger partial charge >= 0.3 is 0 Å². The largest absolute Gasteiger partial charge is 0.379 e. The van der Waals surface area contributed by atoms with Crippen molar-refractivity contribution in [1.29, 1.82) is 0 Å². The minimum absolute atomic E-state index is 0.0764. The zero-order chi connectivity index (χ0) is 20.0. The van der Waals surface area contributed by atoms with Crippen molar-refractivity contribution in [2.45, 2.75) is 39.8 Å². The molecule has 144 valence electrons. The minimum Gasteiger partial charge on any atom is -0.379 e. The van der Waals surface area contributed by atoms with E-state index in [9.17, 15) is 9.18 Å². The number of nitrogens with two attached hydrogens (primary N) is 1. The zero-order valence-electron chi connectivity index (χ0n) is 16.2. The van der Waals surface area contributed by atoms with E-state index in [1.165, 1.54) is 11.0 Å². The van der Waals surface area contributed by atoms with Gasteiger partial charge in [0, 0.05) is 18.3 Å². The van der Waals surface area contributed by atoms with E-state index >= 15 is 0 Å². The van der Waals surface area contributed by atoms with Crippen LogP contribution in [-0.2, 0) is 16.9 Å². The highest BCUT2D eigenvalue weighted by Crippen LogP contribution is 2.47. The molecule has 8 heteroatoms. The minimum atomic E-state index is -1.13. The summed E-state index contributed by atoms with van der Waals surface area (Å²) in [5.41, 5.74) is 5.79. The molecule has 0 saturated heterocycles. The van der Waals surface area contributed by atoms with E-state index in [-0.39, 0.29) is 11.9 Å². The van der Waals surface area contributed by atoms with Gasteiger partial charge in [0.05, 0.1) is 23.9 Å². The third-order valence-corrected chi connectivity index (χ3v) is 5.47. The monoisotopic (exact) mass is 372 g/mol. The number of hydrogen-bond donors (Lipinski definition) is 3. The Morgan fingerprint density at radius 3 is 2.67 bits per heavy atom. The number of halogens is 1. The van der Waals surface area contributed by atoms with E-state index < -0.39 is 16.8 Å². The summed E-state index contributed by atoms with van der Waals surface area (Å²) in [6.07, 6.45) is 1.75. The molecule has 1 aromatic carbocycles. The van der Waals surface area contributed by atoms with Crippen LogP contribution in [0.2, 0.25) is 0 Å². The average molecular weight is 372 g/mol. The van der Waals surface area contributed by atoms with Crippen molar-refractivity contribution in [2.24, 2.45) is 16.1 Å². The van der Waals surface area contributed by atoms with Crippen LogP contribution >= 0.6 is 0 Å². The van der Waals surface area contributed by atoms with Crippen LogP contribution in [-0.4, -0.2) is 33.8 Å². The Bertz CT molecular complexity index is 919. The number of rotatable bonds is 4. The van der Waals surface area contributed by atoms with Gasteiger partial charge in [0.15, 0.2) is 5.96 Å². The predicted octanol–water partition coefficient (Wildman–Crippen LogP) is 2.50. The molecule has 1 amide bonds. The average Bonchev–Trinajstić information content (AvgIpc) is 3.03. The molecule has 1 aliphatic rings. The molecule has 27 heavy (non-hydrogen) atoms. The first-order chi connectivity index (χ1) is 12.6. The molecule has 2 heterocycles. The van der Waals surface area contributed by atoms with Crippen molar-refractivity contribution in [1.82, 2.24) is 14.9 Å². The number of aryl methyl sites for hydroxylation is 1. The fourth-order valence-electron chi connectivity index (χ4n) is 3.34. The highest BCUT2D eigenvalue weighted by molar-refractivity contribution is 6.01. The lowest BCUT2D eigenvalue weighted by Crippen LogP contribution is -2.58. The summed E-state index contributed by atoms with van der Waals surface area (Å²) < 4.78 is 14.8. The van der Waals surface area contributed by atoms with Gasteiger partial charge in [-0.3, -0.25) is 9.69 Å². The Balaban J connectivity index is 1.99. The Morgan fingerprint density at radius 2 is 2.04 bits per heavy atom. The summed E-state index contributed by atoms with van der Waals surface area (Å²) in [5.74, 6) is 0.272. The number of anilines is 1. The number of carbonyl (C=O) groups excluding carboxylic acids is 1. The van der Waals surface area contributed by atoms with E-state index in [4.69, 9.17) is 5.73 Å². The quantitative estimate of drug-likeness (QED) is 0.768. The molecule has 0 spiro atoms. The summed E-state index contributed by atoms with van der Waals surface area (Å²) in [4.78, 5) is 25.9. The molecule has 1 atom stereocenters. The van der Waals surface area contributed by atoms with Gasteiger partial charge in [-0.05, 0) is 45.9 Å². The van der Waals surface area contributed by atoms with Crippen molar-refractivity contribution in [3.05, 3.63) is 47.3 Å². The van der Waals surface area contributed by atoms with Gasteiger partial charge in [-0.15, -0.1) is 0 Å². The molecule has 0 unspecified atom stereocenters. The standard InChI is InChI=1S/C19H25FN6O/c1-11-22-9-13(24-11)10-23-12-6-7-15(20)14(8-12)19(4)18(2,3)16(27)26(5)17(21)25-19/h6-9,23H,10H2,1-5H3,(H2,21,25)(H,22,24)/t19-/m1/s1. The molecular formula is C19H25FN6O. The first-order valence-corrected chi connectivity index (χ1v) is 8.74. The van der Waals surface area contributed by atoms with Crippen molar-refractivity contribution >= 4 is 17.6 Å². The Hall–Kier alpha value is -2.90. The summed E-state index contributed by atoms with van der Waals surface area (Å²) >= 11 is 0. The van der Waals surface area contributed by atoms with Crippen LogP contribution in [0.25, 0.3) is 0 Å². The molecule has 1 aromatic heterocycles. The van der Waals surface area contributed by atoms with Gasteiger partial charge in [-0.1, -0.05) is 0 Å². The fourth-order valence-corrected chi connectivity index (χ4v) is 3.34. The second kappa shape index (κ2) is 6.37. The second-order valence-corrected chi connectivity index (χ2v) is 7.57. The van der Waals surface area contributed by atoms with Crippen molar-refractivity contribution in [3.8, 4) is 0 Å². The lowest BCUT2D eigenvalue weighted by Gasteiger charge is -2.46. The van der Waals surface area contributed by atoms with Crippen LogP contribution in [0, 0.1) is 18.2 Å². The smallest absolute Gasteiger partial charge is 0.237 e. The Kier molecular flexibility index (Phi) is 4.45. The maximum atomic E-state index is 14.8. The number of imidazole rings is 1.